The zero-order chi connectivity index (χ0) is 15.4. The third-order valence-corrected chi connectivity index (χ3v) is 4.55. The summed E-state index contributed by atoms with van der Waals surface area (Å²) < 4.78 is 0. The minimum atomic E-state index is 0.392. The summed E-state index contributed by atoms with van der Waals surface area (Å²) in [7, 11) is 0. The molecule has 2 N–H and O–H groups in total. The maximum atomic E-state index is 6.42. The molecule has 1 aliphatic rings. The third kappa shape index (κ3) is 7.08. The largest absolute Gasteiger partial charge is 0.326 e. The lowest BCUT2D eigenvalue weighted by atomic mass is 9.86. The summed E-state index contributed by atoms with van der Waals surface area (Å²) in [5.41, 5.74) is 7.25. The minimum Gasteiger partial charge on any atom is -0.326 e. The van der Waals surface area contributed by atoms with Gasteiger partial charge in [0.05, 0.1) is 0 Å². The van der Waals surface area contributed by atoms with Crippen molar-refractivity contribution in [3.05, 3.63) is 0 Å². The predicted octanol–water partition coefficient (Wildman–Crippen LogP) is 4.43. The summed E-state index contributed by atoms with van der Waals surface area (Å²) in [6.45, 7) is 16.5. The number of nitrogens with two attached hydrogens (primary N) is 1. The molecular weight excluding hydrogens is 244 g/mol. The van der Waals surface area contributed by atoms with Crippen molar-refractivity contribution in [2.45, 2.75) is 92.2 Å². The topological polar surface area (TPSA) is 29.3 Å². The first-order chi connectivity index (χ1) is 9.08. The van der Waals surface area contributed by atoms with Crippen molar-refractivity contribution in [2.24, 2.45) is 16.6 Å². The van der Waals surface area contributed by atoms with Gasteiger partial charge in [-0.05, 0) is 49.6 Å². The molecule has 0 aromatic carbocycles. The molecule has 0 bridgehead atoms. The first-order valence-electron chi connectivity index (χ1n) is 8.58. The fraction of sp³-hybridized carbons (Fsp3) is 1.00. The Labute approximate surface area is 127 Å². The van der Waals surface area contributed by atoms with Crippen LogP contribution in [0.5, 0.6) is 0 Å². The van der Waals surface area contributed by atoms with Crippen molar-refractivity contribution in [3.8, 4) is 0 Å². The fourth-order valence-electron chi connectivity index (χ4n) is 2.99. The number of hydrogen-bond donors (Lipinski definition) is 1. The second-order valence-electron chi connectivity index (χ2n) is 9.17. The Hall–Kier alpha value is -0.0800. The average Bonchev–Trinajstić information content (AvgIpc) is 2.28. The van der Waals surface area contributed by atoms with Crippen LogP contribution >= 0.6 is 0 Å². The Bertz CT molecular complexity index is 254. The SMILES string of the molecule is CC(C)(C)CCN(CCC(C)(C)C)C1CCCCC1N. The maximum absolute atomic E-state index is 6.42. The van der Waals surface area contributed by atoms with E-state index in [9.17, 15) is 0 Å². The van der Waals surface area contributed by atoms with Crippen LogP contribution in [0, 0.1) is 10.8 Å². The van der Waals surface area contributed by atoms with Crippen LogP contribution in [0.1, 0.15) is 80.1 Å². The summed E-state index contributed by atoms with van der Waals surface area (Å²) in [6, 6.07) is 1.01. The van der Waals surface area contributed by atoms with Gasteiger partial charge in [0.25, 0.3) is 0 Å². The molecule has 0 aromatic heterocycles. The van der Waals surface area contributed by atoms with Crippen molar-refractivity contribution >= 4 is 0 Å². The Morgan fingerprint density at radius 3 is 1.70 bits per heavy atom. The van der Waals surface area contributed by atoms with Gasteiger partial charge in [-0.3, -0.25) is 4.90 Å². The molecule has 1 saturated carbocycles. The zero-order valence-electron chi connectivity index (χ0n) is 14.8. The van der Waals surface area contributed by atoms with Gasteiger partial charge < -0.3 is 5.73 Å². The van der Waals surface area contributed by atoms with E-state index < -0.39 is 0 Å². The van der Waals surface area contributed by atoms with Gasteiger partial charge in [0.15, 0.2) is 0 Å². The smallest absolute Gasteiger partial charge is 0.0247 e. The Balaban J connectivity index is 2.62. The summed E-state index contributed by atoms with van der Waals surface area (Å²) in [6.07, 6.45) is 7.73. The van der Waals surface area contributed by atoms with Crippen LogP contribution in [-0.4, -0.2) is 30.1 Å². The molecule has 2 nitrogen and oxygen atoms in total. The highest BCUT2D eigenvalue weighted by Gasteiger charge is 2.29. The van der Waals surface area contributed by atoms with E-state index in [0.29, 0.717) is 22.9 Å². The zero-order valence-corrected chi connectivity index (χ0v) is 14.8. The molecular formula is C18H38N2. The molecule has 0 saturated heterocycles. The molecule has 0 aliphatic heterocycles. The van der Waals surface area contributed by atoms with Gasteiger partial charge in [-0.2, -0.15) is 0 Å². The van der Waals surface area contributed by atoms with E-state index in [-0.39, 0.29) is 0 Å². The first kappa shape index (κ1) is 18.0. The Morgan fingerprint density at radius 1 is 0.850 bits per heavy atom. The monoisotopic (exact) mass is 282 g/mol. The second kappa shape index (κ2) is 7.26. The van der Waals surface area contributed by atoms with Crippen LogP contribution in [0.2, 0.25) is 0 Å². The van der Waals surface area contributed by atoms with Crippen LogP contribution in [-0.2, 0) is 0 Å². The van der Waals surface area contributed by atoms with Crippen LogP contribution in [0.15, 0.2) is 0 Å². The van der Waals surface area contributed by atoms with E-state index in [0.717, 1.165) is 0 Å². The molecule has 2 atom stereocenters. The molecule has 1 rings (SSSR count). The number of nitrogens with zero attached hydrogens (tertiary/aromatic N) is 1. The summed E-state index contributed by atoms with van der Waals surface area (Å²) in [4.78, 5) is 2.71. The molecule has 2 unspecified atom stereocenters. The van der Waals surface area contributed by atoms with Crippen LogP contribution < -0.4 is 5.73 Å². The molecule has 1 aliphatic carbocycles. The second-order valence-corrected chi connectivity index (χ2v) is 9.17. The highest BCUT2D eigenvalue weighted by Crippen LogP contribution is 2.27. The van der Waals surface area contributed by atoms with Gasteiger partial charge in [0.2, 0.25) is 0 Å². The molecule has 1 fully saturated rings. The quantitative estimate of drug-likeness (QED) is 0.808. The van der Waals surface area contributed by atoms with E-state index in [1.165, 1.54) is 51.6 Å². The molecule has 2 heteroatoms. The summed E-state index contributed by atoms with van der Waals surface area (Å²) in [5.74, 6) is 0. The molecule has 0 amide bonds. The lowest BCUT2D eigenvalue weighted by Crippen LogP contribution is -2.51. The molecule has 0 heterocycles. The average molecular weight is 283 g/mol. The highest BCUT2D eigenvalue weighted by atomic mass is 15.2. The molecule has 0 radical (unpaired) electrons. The van der Waals surface area contributed by atoms with E-state index >= 15 is 0 Å². The summed E-state index contributed by atoms with van der Waals surface area (Å²) >= 11 is 0. The van der Waals surface area contributed by atoms with E-state index in [1.807, 2.05) is 0 Å². The standard InChI is InChI=1S/C18H38N2/c1-17(2,3)11-13-20(14-12-18(4,5)6)16-10-8-7-9-15(16)19/h15-16H,7-14,19H2,1-6H3. The van der Waals surface area contributed by atoms with Crippen molar-refractivity contribution in [1.29, 1.82) is 0 Å². The van der Waals surface area contributed by atoms with Crippen LogP contribution in [0.25, 0.3) is 0 Å². The van der Waals surface area contributed by atoms with E-state index in [2.05, 4.69) is 46.4 Å². The van der Waals surface area contributed by atoms with Crippen LogP contribution in [0.3, 0.4) is 0 Å². The molecule has 0 aromatic rings. The lowest BCUT2D eigenvalue weighted by molar-refractivity contribution is 0.108. The van der Waals surface area contributed by atoms with Gasteiger partial charge in [-0.1, -0.05) is 54.4 Å². The highest BCUT2D eigenvalue weighted by molar-refractivity contribution is 4.87. The number of hydrogen-bond acceptors (Lipinski definition) is 2. The summed E-state index contributed by atoms with van der Waals surface area (Å²) in [5, 5.41) is 0. The van der Waals surface area contributed by atoms with Gasteiger partial charge in [0, 0.05) is 12.1 Å². The fourth-order valence-corrected chi connectivity index (χ4v) is 2.99. The normalized spacial score (nSPS) is 25.2. The van der Waals surface area contributed by atoms with Gasteiger partial charge in [-0.15, -0.1) is 0 Å². The molecule has 20 heavy (non-hydrogen) atoms. The lowest BCUT2D eigenvalue weighted by Gasteiger charge is -2.40. The minimum absolute atomic E-state index is 0.392. The van der Waals surface area contributed by atoms with Crippen molar-refractivity contribution in [2.75, 3.05) is 13.1 Å². The molecule has 120 valence electrons. The van der Waals surface area contributed by atoms with E-state index in [4.69, 9.17) is 5.73 Å². The third-order valence-electron chi connectivity index (χ3n) is 4.55. The van der Waals surface area contributed by atoms with Crippen molar-refractivity contribution in [1.82, 2.24) is 4.90 Å². The Morgan fingerprint density at radius 2 is 1.30 bits per heavy atom. The maximum Gasteiger partial charge on any atom is 0.0247 e. The van der Waals surface area contributed by atoms with Gasteiger partial charge in [0.1, 0.15) is 0 Å². The number of rotatable bonds is 5. The molecule has 0 spiro atoms. The predicted molar refractivity (Wildman–Crippen MR) is 89.9 cm³/mol. The van der Waals surface area contributed by atoms with Gasteiger partial charge in [-0.25, -0.2) is 0 Å². The van der Waals surface area contributed by atoms with Crippen molar-refractivity contribution < 1.29 is 0 Å². The Kier molecular flexibility index (Phi) is 6.53. The van der Waals surface area contributed by atoms with Gasteiger partial charge >= 0.3 is 0 Å². The van der Waals surface area contributed by atoms with Crippen molar-refractivity contribution in [3.63, 3.8) is 0 Å². The first-order valence-corrected chi connectivity index (χ1v) is 8.58. The van der Waals surface area contributed by atoms with E-state index in [1.54, 1.807) is 0 Å². The van der Waals surface area contributed by atoms with Crippen LogP contribution in [0.4, 0.5) is 0 Å².